The van der Waals surface area contributed by atoms with Gasteiger partial charge in [-0.25, -0.2) is 0 Å². The maximum Gasteiger partial charge on any atom is 0.223 e. The van der Waals surface area contributed by atoms with Gasteiger partial charge in [-0.1, -0.05) is 0 Å². The zero-order valence-electron chi connectivity index (χ0n) is 7.65. The van der Waals surface area contributed by atoms with Crippen LogP contribution in [0.25, 0.3) is 0 Å². The van der Waals surface area contributed by atoms with E-state index in [1.54, 1.807) is 0 Å². The van der Waals surface area contributed by atoms with E-state index in [1.165, 1.54) is 0 Å². The number of amides is 1. The second-order valence-electron chi connectivity index (χ2n) is 4.72. The van der Waals surface area contributed by atoms with Crippen molar-refractivity contribution in [3.8, 4) is 0 Å². The van der Waals surface area contributed by atoms with E-state index >= 15 is 0 Å². The number of hydrogen-bond donors (Lipinski definition) is 1. The minimum atomic E-state index is -0.142. The van der Waals surface area contributed by atoms with Gasteiger partial charge in [0, 0.05) is 19.0 Å². The highest BCUT2D eigenvalue weighted by Crippen LogP contribution is 2.45. The maximum atomic E-state index is 11.5. The molecule has 3 fully saturated rings. The van der Waals surface area contributed by atoms with Crippen LogP contribution in [0.4, 0.5) is 0 Å². The Morgan fingerprint density at radius 3 is 2.92 bits per heavy atom. The standard InChI is InChI=1S/C10H15NO2/c12-8-3-6-1-2-11-9(13)5-7(4-8)10(6)11/h6-8,10,12H,1-5H2/t6-,7-,8+,10-/m1/s1. The van der Waals surface area contributed by atoms with Crippen LogP contribution in [0.2, 0.25) is 0 Å². The van der Waals surface area contributed by atoms with Crippen LogP contribution in [-0.4, -0.2) is 34.6 Å². The molecule has 0 aromatic carbocycles. The summed E-state index contributed by atoms with van der Waals surface area (Å²) >= 11 is 0. The molecule has 0 aromatic rings. The first-order valence-corrected chi connectivity index (χ1v) is 5.23. The van der Waals surface area contributed by atoms with Gasteiger partial charge in [0.05, 0.1) is 6.10 Å². The number of carbonyl (C=O) groups is 1. The van der Waals surface area contributed by atoms with Gasteiger partial charge in [0.25, 0.3) is 0 Å². The van der Waals surface area contributed by atoms with E-state index in [4.69, 9.17) is 0 Å². The van der Waals surface area contributed by atoms with Gasteiger partial charge in [-0.2, -0.15) is 0 Å². The molecule has 3 aliphatic rings. The van der Waals surface area contributed by atoms with Crippen molar-refractivity contribution in [2.24, 2.45) is 11.8 Å². The van der Waals surface area contributed by atoms with Gasteiger partial charge in [-0.15, -0.1) is 0 Å². The van der Waals surface area contributed by atoms with Crippen molar-refractivity contribution in [2.45, 2.75) is 37.8 Å². The second kappa shape index (κ2) is 2.47. The third-order valence-electron chi connectivity index (χ3n) is 3.97. The molecule has 72 valence electrons. The highest BCUT2D eigenvalue weighted by atomic mass is 16.3. The summed E-state index contributed by atoms with van der Waals surface area (Å²) in [7, 11) is 0. The van der Waals surface area contributed by atoms with Crippen LogP contribution in [0.15, 0.2) is 0 Å². The van der Waals surface area contributed by atoms with Crippen LogP contribution in [0.5, 0.6) is 0 Å². The molecule has 1 saturated carbocycles. The lowest BCUT2D eigenvalue weighted by atomic mass is 9.76. The lowest BCUT2D eigenvalue weighted by Gasteiger charge is -2.33. The second-order valence-corrected chi connectivity index (χ2v) is 4.72. The molecule has 13 heavy (non-hydrogen) atoms. The van der Waals surface area contributed by atoms with Crippen molar-refractivity contribution in [3.63, 3.8) is 0 Å². The van der Waals surface area contributed by atoms with Crippen molar-refractivity contribution in [2.75, 3.05) is 6.54 Å². The van der Waals surface area contributed by atoms with E-state index in [0.717, 1.165) is 25.8 Å². The molecular weight excluding hydrogens is 166 g/mol. The Bertz CT molecular complexity index is 253. The highest BCUT2D eigenvalue weighted by Gasteiger charge is 2.51. The molecular formula is C10H15NO2. The maximum absolute atomic E-state index is 11.5. The zero-order chi connectivity index (χ0) is 9.00. The molecule has 0 aromatic heterocycles. The quantitative estimate of drug-likeness (QED) is 0.587. The minimum absolute atomic E-state index is 0.142. The fourth-order valence-electron chi connectivity index (χ4n) is 3.55. The lowest BCUT2D eigenvalue weighted by molar-refractivity contribution is -0.128. The van der Waals surface area contributed by atoms with Gasteiger partial charge < -0.3 is 10.0 Å². The third kappa shape index (κ3) is 0.966. The number of aliphatic hydroxyl groups is 1. The van der Waals surface area contributed by atoms with Crippen LogP contribution in [0.3, 0.4) is 0 Å². The van der Waals surface area contributed by atoms with Gasteiger partial charge in [-0.3, -0.25) is 4.79 Å². The van der Waals surface area contributed by atoms with Gasteiger partial charge in [0.15, 0.2) is 0 Å². The molecule has 2 heterocycles. The molecule has 3 heteroatoms. The topological polar surface area (TPSA) is 40.5 Å². The van der Waals surface area contributed by atoms with E-state index in [-0.39, 0.29) is 6.10 Å². The van der Waals surface area contributed by atoms with E-state index in [2.05, 4.69) is 4.90 Å². The summed E-state index contributed by atoms with van der Waals surface area (Å²) < 4.78 is 0. The van der Waals surface area contributed by atoms with Crippen molar-refractivity contribution >= 4 is 5.91 Å². The molecule has 0 bridgehead atoms. The van der Waals surface area contributed by atoms with E-state index in [0.29, 0.717) is 30.2 Å². The minimum Gasteiger partial charge on any atom is -0.393 e. The molecule has 0 radical (unpaired) electrons. The molecule has 0 unspecified atom stereocenters. The summed E-state index contributed by atoms with van der Waals surface area (Å²) in [5, 5.41) is 9.63. The molecule has 2 saturated heterocycles. The molecule has 0 spiro atoms. The monoisotopic (exact) mass is 181 g/mol. The molecule has 3 nitrogen and oxygen atoms in total. The fourth-order valence-corrected chi connectivity index (χ4v) is 3.55. The fraction of sp³-hybridized carbons (Fsp3) is 0.900. The summed E-state index contributed by atoms with van der Waals surface area (Å²) in [6.45, 7) is 0.942. The van der Waals surface area contributed by atoms with Crippen molar-refractivity contribution in [3.05, 3.63) is 0 Å². The average Bonchev–Trinajstić information content (AvgIpc) is 2.58. The Balaban J connectivity index is 1.91. The summed E-state index contributed by atoms with van der Waals surface area (Å²) in [6.07, 6.45) is 3.44. The Hall–Kier alpha value is -0.570. The van der Waals surface area contributed by atoms with Gasteiger partial charge in [0.2, 0.25) is 5.91 Å². The molecule has 2 aliphatic heterocycles. The van der Waals surface area contributed by atoms with E-state index < -0.39 is 0 Å². The lowest BCUT2D eigenvalue weighted by Crippen LogP contribution is -2.39. The first-order valence-electron chi connectivity index (χ1n) is 5.23. The molecule has 4 atom stereocenters. The third-order valence-corrected chi connectivity index (χ3v) is 3.97. The van der Waals surface area contributed by atoms with Crippen molar-refractivity contribution in [1.82, 2.24) is 4.90 Å². The molecule has 3 rings (SSSR count). The number of hydrogen-bond acceptors (Lipinski definition) is 2. The van der Waals surface area contributed by atoms with Crippen LogP contribution in [0, 0.1) is 11.8 Å². The SMILES string of the molecule is O=C1C[C@H]2C[C@@H](O)C[C@H]3CCN1[C@H]32. The van der Waals surface area contributed by atoms with Crippen LogP contribution in [-0.2, 0) is 4.79 Å². The van der Waals surface area contributed by atoms with Gasteiger partial charge >= 0.3 is 0 Å². The summed E-state index contributed by atoms with van der Waals surface area (Å²) in [5.41, 5.74) is 0. The number of nitrogens with zero attached hydrogens (tertiary/aromatic N) is 1. The predicted molar refractivity (Wildman–Crippen MR) is 47.0 cm³/mol. The predicted octanol–water partition coefficient (Wildman–Crippen LogP) is 0.378. The van der Waals surface area contributed by atoms with Gasteiger partial charge in [0.1, 0.15) is 0 Å². The Labute approximate surface area is 77.7 Å². The number of rotatable bonds is 0. The number of carbonyl (C=O) groups excluding carboxylic acids is 1. The summed E-state index contributed by atoms with van der Waals surface area (Å²) in [5.74, 6) is 1.38. The smallest absolute Gasteiger partial charge is 0.223 e. The Morgan fingerprint density at radius 2 is 2.08 bits per heavy atom. The van der Waals surface area contributed by atoms with Crippen molar-refractivity contribution < 1.29 is 9.90 Å². The van der Waals surface area contributed by atoms with Crippen LogP contribution in [0.1, 0.15) is 25.7 Å². The molecule has 1 N–H and O–H groups in total. The van der Waals surface area contributed by atoms with Gasteiger partial charge in [-0.05, 0) is 31.1 Å². The molecule has 1 amide bonds. The summed E-state index contributed by atoms with van der Waals surface area (Å²) in [4.78, 5) is 13.6. The highest BCUT2D eigenvalue weighted by molar-refractivity contribution is 5.79. The normalized spacial score (nSPS) is 48.4. The zero-order valence-corrected chi connectivity index (χ0v) is 7.65. The number of aliphatic hydroxyl groups excluding tert-OH is 1. The Morgan fingerprint density at radius 1 is 1.31 bits per heavy atom. The largest absolute Gasteiger partial charge is 0.393 e. The van der Waals surface area contributed by atoms with Crippen LogP contribution >= 0.6 is 0 Å². The molecule has 1 aliphatic carbocycles. The first-order chi connectivity index (χ1) is 6.25. The Kier molecular flexibility index (Phi) is 1.48. The average molecular weight is 181 g/mol. The van der Waals surface area contributed by atoms with E-state index in [9.17, 15) is 9.90 Å². The van der Waals surface area contributed by atoms with Crippen molar-refractivity contribution in [1.29, 1.82) is 0 Å². The van der Waals surface area contributed by atoms with Crippen LogP contribution < -0.4 is 0 Å². The first kappa shape index (κ1) is 7.80. The van der Waals surface area contributed by atoms with E-state index in [1.807, 2.05) is 0 Å². The summed E-state index contributed by atoms with van der Waals surface area (Å²) in [6, 6.07) is 0.496.